The number of fused-ring (bicyclic) bond motifs is 1. The molecule has 2 aromatic carbocycles. The molecule has 1 aliphatic heterocycles. The molecular weight excluding hydrogens is 334 g/mol. The third-order valence-corrected chi connectivity index (χ3v) is 4.72. The minimum Gasteiger partial charge on any atom is -0.454 e. The average Bonchev–Trinajstić information content (AvgIpc) is 3.02. The number of benzene rings is 2. The molecule has 0 saturated heterocycles. The summed E-state index contributed by atoms with van der Waals surface area (Å²) in [4.78, 5) is 13.1. The third-order valence-electron chi connectivity index (χ3n) is 3.46. The molecule has 1 atom stereocenters. The second kappa shape index (κ2) is 7.15. The normalized spacial score (nSPS) is 13.7. The summed E-state index contributed by atoms with van der Waals surface area (Å²) >= 11 is 7.32. The highest BCUT2D eigenvalue weighted by molar-refractivity contribution is 8.00. The second-order valence-electron chi connectivity index (χ2n) is 5.14. The fourth-order valence-electron chi connectivity index (χ4n) is 2.23. The number of amides is 1. The fraction of sp³-hybridized carbons (Fsp3) is 0.235. The molecule has 0 aliphatic carbocycles. The van der Waals surface area contributed by atoms with Crippen molar-refractivity contribution in [3.05, 3.63) is 53.1 Å². The predicted octanol–water partition coefficient (Wildman–Crippen LogP) is 4.04. The van der Waals surface area contributed by atoms with Gasteiger partial charge in [0, 0.05) is 9.92 Å². The van der Waals surface area contributed by atoms with E-state index in [9.17, 15) is 4.79 Å². The predicted molar refractivity (Wildman–Crippen MR) is 91.3 cm³/mol. The highest BCUT2D eigenvalue weighted by Crippen LogP contribution is 2.34. The Kier molecular flexibility index (Phi) is 4.98. The van der Waals surface area contributed by atoms with E-state index in [0.29, 0.717) is 10.8 Å². The molecule has 0 fully saturated rings. The summed E-state index contributed by atoms with van der Waals surface area (Å²) in [5, 5.41) is 3.68. The molecule has 0 bridgehead atoms. The van der Waals surface area contributed by atoms with Gasteiger partial charge >= 0.3 is 0 Å². The second-order valence-corrected chi connectivity index (χ2v) is 6.63. The smallest absolute Gasteiger partial charge is 0.231 e. The molecule has 6 heteroatoms. The van der Waals surface area contributed by atoms with Gasteiger partial charge in [0.25, 0.3) is 0 Å². The van der Waals surface area contributed by atoms with Crippen LogP contribution in [0.4, 0.5) is 0 Å². The van der Waals surface area contributed by atoms with Crippen molar-refractivity contribution in [1.82, 2.24) is 5.32 Å². The van der Waals surface area contributed by atoms with Gasteiger partial charge in [0.2, 0.25) is 12.7 Å². The molecular formula is C17H16ClNO3S. The Morgan fingerprint density at radius 2 is 1.96 bits per heavy atom. The Bertz CT molecular complexity index is 705. The zero-order valence-electron chi connectivity index (χ0n) is 12.5. The van der Waals surface area contributed by atoms with Gasteiger partial charge in [-0.1, -0.05) is 17.7 Å². The number of carbonyl (C=O) groups is 1. The lowest BCUT2D eigenvalue weighted by atomic mass is 10.1. The van der Waals surface area contributed by atoms with Crippen LogP contribution in [0.3, 0.4) is 0 Å². The van der Waals surface area contributed by atoms with Gasteiger partial charge in [0.1, 0.15) is 0 Å². The van der Waals surface area contributed by atoms with Crippen molar-refractivity contribution in [2.24, 2.45) is 0 Å². The number of hydrogen-bond acceptors (Lipinski definition) is 4. The van der Waals surface area contributed by atoms with E-state index in [0.717, 1.165) is 22.0 Å². The van der Waals surface area contributed by atoms with Crippen LogP contribution in [0.2, 0.25) is 5.02 Å². The lowest BCUT2D eigenvalue weighted by molar-refractivity contribution is -0.119. The van der Waals surface area contributed by atoms with Crippen molar-refractivity contribution < 1.29 is 14.3 Å². The van der Waals surface area contributed by atoms with Crippen LogP contribution in [0.1, 0.15) is 18.5 Å². The summed E-state index contributed by atoms with van der Waals surface area (Å²) < 4.78 is 10.6. The Morgan fingerprint density at radius 1 is 1.22 bits per heavy atom. The minimum absolute atomic E-state index is 0.0184. The molecule has 0 aromatic heterocycles. The van der Waals surface area contributed by atoms with Crippen LogP contribution in [-0.2, 0) is 4.79 Å². The number of hydrogen-bond donors (Lipinski definition) is 1. The number of thioether (sulfide) groups is 1. The monoisotopic (exact) mass is 349 g/mol. The van der Waals surface area contributed by atoms with E-state index in [1.165, 1.54) is 11.8 Å². The Morgan fingerprint density at radius 3 is 2.74 bits per heavy atom. The van der Waals surface area contributed by atoms with E-state index in [2.05, 4.69) is 5.32 Å². The van der Waals surface area contributed by atoms with Crippen LogP contribution in [0.25, 0.3) is 0 Å². The lowest BCUT2D eigenvalue weighted by Crippen LogP contribution is -2.28. The van der Waals surface area contributed by atoms with Crippen molar-refractivity contribution in [1.29, 1.82) is 0 Å². The first-order chi connectivity index (χ1) is 11.1. The van der Waals surface area contributed by atoms with E-state index < -0.39 is 0 Å². The van der Waals surface area contributed by atoms with E-state index in [1.807, 2.05) is 49.4 Å². The van der Waals surface area contributed by atoms with Crippen LogP contribution in [-0.4, -0.2) is 18.5 Å². The third kappa shape index (κ3) is 4.12. The largest absolute Gasteiger partial charge is 0.454 e. The van der Waals surface area contributed by atoms with Crippen molar-refractivity contribution in [3.63, 3.8) is 0 Å². The quantitative estimate of drug-likeness (QED) is 0.828. The minimum atomic E-state index is -0.0946. The summed E-state index contributed by atoms with van der Waals surface area (Å²) in [5.41, 5.74) is 0.985. The maximum absolute atomic E-state index is 12.1. The van der Waals surface area contributed by atoms with Crippen LogP contribution in [0, 0.1) is 0 Å². The Hall–Kier alpha value is -1.85. The van der Waals surface area contributed by atoms with Crippen LogP contribution in [0.15, 0.2) is 47.4 Å². The zero-order chi connectivity index (χ0) is 16.2. The molecule has 3 rings (SSSR count). The lowest BCUT2D eigenvalue weighted by Gasteiger charge is -2.14. The Labute approximate surface area is 144 Å². The van der Waals surface area contributed by atoms with Gasteiger partial charge in [-0.05, 0) is 48.9 Å². The number of carbonyl (C=O) groups excluding carboxylic acids is 1. The van der Waals surface area contributed by atoms with Crippen LogP contribution in [0.5, 0.6) is 11.5 Å². The molecule has 120 valence electrons. The molecule has 4 nitrogen and oxygen atoms in total. The van der Waals surface area contributed by atoms with Gasteiger partial charge in [-0.15, -0.1) is 11.8 Å². The number of ether oxygens (including phenoxy) is 2. The van der Waals surface area contributed by atoms with E-state index in [-0.39, 0.29) is 18.7 Å². The first-order valence-corrected chi connectivity index (χ1v) is 8.55. The van der Waals surface area contributed by atoms with Gasteiger partial charge in [-0.3, -0.25) is 4.79 Å². The molecule has 0 spiro atoms. The van der Waals surface area contributed by atoms with Crippen molar-refractivity contribution >= 4 is 29.3 Å². The zero-order valence-corrected chi connectivity index (χ0v) is 14.1. The van der Waals surface area contributed by atoms with Crippen molar-refractivity contribution in [2.75, 3.05) is 12.5 Å². The average molecular weight is 350 g/mol. The first kappa shape index (κ1) is 16.0. The summed E-state index contributed by atoms with van der Waals surface area (Å²) in [5.74, 6) is 1.80. The van der Waals surface area contributed by atoms with E-state index >= 15 is 0 Å². The van der Waals surface area contributed by atoms with Gasteiger partial charge in [0.15, 0.2) is 11.5 Å². The van der Waals surface area contributed by atoms with Gasteiger partial charge in [0.05, 0.1) is 11.8 Å². The molecule has 1 N–H and O–H groups in total. The molecule has 2 aromatic rings. The standard InChI is InChI=1S/C17H16ClNO3S/c1-11(12-2-7-15-16(8-12)22-10-21-15)19-17(20)9-23-14-5-3-13(18)4-6-14/h2-8,11H,9-10H2,1H3,(H,19,20)/t11-/m1/s1. The number of rotatable bonds is 5. The first-order valence-electron chi connectivity index (χ1n) is 7.19. The molecule has 0 saturated carbocycles. The molecule has 1 heterocycles. The topological polar surface area (TPSA) is 47.6 Å². The summed E-state index contributed by atoms with van der Waals surface area (Å²) in [6.45, 7) is 2.19. The molecule has 23 heavy (non-hydrogen) atoms. The van der Waals surface area contributed by atoms with E-state index in [1.54, 1.807) is 0 Å². The van der Waals surface area contributed by atoms with Crippen molar-refractivity contribution in [3.8, 4) is 11.5 Å². The summed E-state index contributed by atoms with van der Waals surface area (Å²) in [7, 11) is 0. The fourth-order valence-corrected chi connectivity index (χ4v) is 3.06. The number of halogens is 1. The van der Waals surface area contributed by atoms with Crippen LogP contribution >= 0.6 is 23.4 Å². The van der Waals surface area contributed by atoms with Gasteiger partial charge in [-0.2, -0.15) is 0 Å². The highest BCUT2D eigenvalue weighted by atomic mass is 35.5. The van der Waals surface area contributed by atoms with Gasteiger partial charge < -0.3 is 14.8 Å². The summed E-state index contributed by atoms with van der Waals surface area (Å²) in [6, 6.07) is 13.0. The molecule has 1 amide bonds. The van der Waals surface area contributed by atoms with E-state index in [4.69, 9.17) is 21.1 Å². The molecule has 0 radical (unpaired) electrons. The maximum Gasteiger partial charge on any atom is 0.231 e. The SMILES string of the molecule is C[C@@H](NC(=O)CSc1ccc(Cl)cc1)c1ccc2c(c1)OCO2. The maximum atomic E-state index is 12.1. The molecule has 1 aliphatic rings. The molecule has 0 unspecified atom stereocenters. The highest BCUT2D eigenvalue weighted by Gasteiger charge is 2.16. The van der Waals surface area contributed by atoms with Gasteiger partial charge in [-0.25, -0.2) is 0 Å². The van der Waals surface area contributed by atoms with Crippen LogP contribution < -0.4 is 14.8 Å². The Balaban J connectivity index is 1.54. The number of nitrogens with one attached hydrogen (secondary N) is 1. The van der Waals surface area contributed by atoms with Crippen molar-refractivity contribution in [2.45, 2.75) is 17.9 Å². The summed E-state index contributed by atoms with van der Waals surface area (Å²) in [6.07, 6.45) is 0.